The lowest BCUT2D eigenvalue weighted by molar-refractivity contribution is 0.107. The highest BCUT2D eigenvalue weighted by atomic mass is 32.1. The third-order valence-corrected chi connectivity index (χ3v) is 5.04. The standard InChI is InChI=1S/C18H23NO2S/c1-2-17(12-20)19(11-15-6-8-22-13-15)10-14-3-4-18-16(9-14)5-7-21-18/h3-4,6,8-9,13,17,20H,2,5,7,10-12H2,1H3/t17-/m1/s1. The molecule has 0 fully saturated rings. The second kappa shape index (κ2) is 7.27. The molecule has 0 unspecified atom stereocenters. The Morgan fingerprint density at radius 1 is 1.27 bits per heavy atom. The summed E-state index contributed by atoms with van der Waals surface area (Å²) < 4.78 is 5.58. The molecule has 0 radical (unpaired) electrons. The SMILES string of the molecule is CC[C@H](CO)N(Cc1ccsc1)Cc1ccc2c(c1)CCO2. The van der Waals surface area contributed by atoms with Gasteiger partial charge in [0.1, 0.15) is 5.75 Å². The Hall–Kier alpha value is -1.36. The summed E-state index contributed by atoms with van der Waals surface area (Å²) in [6.45, 7) is 4.89. The Labute approximate surface area is 136 Å². The van der Waals surface area contributed by atoms with E-state index in [1.165, 1.54) is 16.7 Å². The molecule has 3 nitrogen and oxygen atoms in total. The number of nitrogens with zero attached hydrogens (tertiary/aromatic N) is 1. The Morgan fingerprint density at radius 2 is 2.14 bits per heavy atom. The molecule has 2 heterocycles. The van der Waals surface area contributed by atoms with Gasteiger partial charge >= 0.3 is 0 Å². The van der Waals surface area contributed by atoms with E-state index in [0.717, 1.165) is 38.3 Å². The van der Waals surface area contributed by atoms with Crippen LogP contribution in [0.1, 0.15) is 30.0 Å². The quantitative estimate of drug-likeness (QED) is 0.849. The maximum Gasteiger partial charge on any atom is 0.122 e. The van der Waals surface area contributed by atoms with Crippen molar-refractivity contribution in [1.82, 2.24) is 4.90 Å². The van der Waals surface area contributed by atoms with E-state index in [1.54, 1.807) is 11.3 Å². The molecular weight excluding hydrogens is 294 g/mol. The van der Waals surface area contributed by atoms with E-state index in [0.29, 0.717) is 0 Å². The molecule has 0 bridgehead atoms. The molecule has 1 aromatic heterocycles. The van der Waals surface area contributed by atoms with Gasteiger partial charge in [0.2, 0.25) is 0 Å². The first-order chi connectivity index (χ1) is 10.8. The summed E-state index contributed by atoms with van der Waals surface area (Å²) >= 11 is 1.73. The zero-order valence-electron chi connectivity index (χ0n) is 13.0. The van der Waals surface area contributed by atoms with Gasteiger partial charge in [0, 0.05) is 25.6 Å². The van der Waals surface area contributed by atoms with Crippen molar-refractivity contribution in [3.63, 3.8) is 0 Å². The number of thiophene rings is 1. The van der Waals surface area contributed by atoms with E-state index in [4.69, 9.17) is 4.74 Å². The number of hydrogen-bond acceptors (Lipinski definition) is 4. The maximum absolute atomic E-state index is 9.70. The molecule has 0 saturated heterocycles. The van der Waals surface area contributed by atoms with Crippen LogP contribution in [0.4, 0.5) is 0 Å². The lowest BCUT2D eigenvalue weighted by Gasteiger charge is -2.29. The lowest BCUT2D eigenvalue weighted by Crippen LogP contribution is -2.36. The van der Waals surface area contributed by atoms with Gasteiger partial charge < -0.3 is 9.84 Å². The molecule has 4 heteroatoms. The van der Waals surface area contributed by atoms with Gasteiger partial charge in [0.05, 0.1) is 13.2 Å². The predicted molar refractivity (Wildman–Crippen MR) is 90.4 cm³/mol. The Balaban J connectivity index is 1.76. The van der Waals surface area contributed by atoms with Crippen molar-refractivity contribution < 1.29 is 9.84 Å². The smallest absolute Gasteiger partial charge is 0.122 e. The van der Waals surface area contributed by atoms with Crippen LogP contribution in [0, 0.1) is 0 Å². The van der Waals surface area contributed by atoms with Crippen molar-refractivity contribution in [2.45, 2.75) is 38.9 Å². The predicted octanol–water partition coefficient (Wildman–Crippen LogP) is 3.46. The van der Waals surface area contributed by atoms with E-state index >= 15 is 0 Å². The molecule has 0 spiro atoms. The van der Waals surface area contributed by atoms with Gasteiger partial charge in [-0.15, -0.1) is 0 Å². The fourth-order valence-electron chi connectivity index (χ4n) is 3.01. The van der Waals surface area contributed by atoms with Crippen LogP contribution in [0.15, 0.2) is 35.0 Å². The molecule has 1 N–H and O–H groups in total. The summed E-state index contributed by atoms with van der Waals surface area (Å²) in [7, 11) is 0. The van der Waals surface area contributed by atoms with Gasteiger partial charge in [-0.25, -0.2) is 0 Å². The fourth-order valence-corrected chi connectivity index (χ4v) is 3.67. The van der Waals surface area contributed by atoms with E-state index in [9.17, 15) is 5.11 Å². The average Bonchev–Trinajstić information content (AvgIpc) is 3.19. The number of hydrogen-bond donors (Lipinski definition) is 1. The number of aliphatic hydroxyl groups is 1. The van der Waals surface area contributed by atoms with Crippen molar-refractivity contribution in [3.8, 4) is 5.75 Å². The second-order valence-electron chi connectivity index (χ2n) is 5.82. The van der Waals surface area contributed by atoms with Crippen LogP contribution in [0.3, 0.4) is 0 Å². The molecule has 118 valence electrons. The second-order valence-corrected chi connectivity index (χ2v) is 6.60. The van der Waals surface area contributed by atoms with Gasteiger partial charge in [-0.3, -0.25) is 4.90 Å². The third kappa shape index (κ3) is 3.51. The number of fused-ring (bicyclic) bond motifs is 1. The van der Waals surface area contributed by atoms with Crippen molar-refractivity contribution in [2.24, 2.45) is 0 Å². The molecule has 3 rings (SSSR count). The highest BCUT2D eigenvalue weighted by Gasteiger charge is 2.19. The van der Waals surface area contributed by atoms with Gasteiger partial charge in [-0.05, 0) is 46.0 Å². The van der Waals surface area contributed by atoms with Crippen LogP contribution in [0.5, 0.6) is 5.75 Å². The summed E-state index contributed by atoms with van der Waals surface area (Å²) in [6, 6.07) is 8.85. The van der Waals surface area contributed by atoms with Gasteiger partial charge in [0.25, 0.3) is 0 Å². The summed E-state index contributed by atoms with van der Waals surface area (Å²) in [5.74, 6) is 1.03. The monoisotopic (exact) mass is 317 g/mol. The molecule has 22 heavy (non-hydrogen) atoms. The first-order valence-electron chi connectivity index (χ1n) is 7.90. The van der Waals surface area contributed by atoms with Crippen molar-refractivity contribution in [3.05, 3.63) is 51.7 Å². The van der Waals surface area contributed by atoms with Gasteiger partial charge in [0.15, 0.2) is 0 Å². The molecule has 2 aromatic rings. The largest absolute Gasteiger partial charge is 0.493 e. The number of aliphatic hydroxyl groups excluding tert-OH is 1. The van der Waals surface area contributed by atoms with E-state index in [2.05, 4.69) is 46.8 Å². The normalized spacial score (nSPS) is 14.9. The molecule has 1 aliphatic rings. The third-order valence-electron chi connectivity index (χ3n) is 4.30. The zero-order chi connectivity index (χ0) is 15.4. The topological polar surface area (TPSA) is 32.7 Å². The minimum atomic E-state index is 0.199. The maximum atomic E-state index is 9.70. The Kier molecular flexibility index (Phi) is 5.13. The van der Waals surface area contributed by atoms with Crippen LogP contribution in [0.25, 0.3) is 0 Å². The van der Waals surface area contributed by atoms with Crippen LogP contribution >= 0.6 is 11.3 Å². The summed E-state index contributed by atoms with van der Waals surface area (Å²) in [5, 5.41) is 14.0. The summed E-state index contributed by atoms with van der Waals surface area (Å²) in [5.41, 5.74) is 3.93. The fraction of sp³-hybridized carbons (Fsp3) is 0.444. The van der Waals surface area contributed by atoms with Crippen molar-refractivity contribution in [2.75, 3.05) is 13.2 Å². The Bertz CT molecular complexity index is 593. The number of ether oxygens (including phenoxy) is 1. The van der Waals surface area contributed by atoms with E-state index in [-0.39, 0.29) is 12.6 Å². The molecule has 1 aromatic carbocycles. The van der Waals surface area contributed by atoms with Crippen LogP contribution in [-0.2, 0) is 19.5 Å². The van der Waals surface area contributed by atoms with Crippen LogP contribution < -0.4 is 4.74 Å². The first kappa shape index (κ1) is 15.5. The molecule has 1 atom stereocenters. The highest BCUT2D eigenvalue weighted by Crippen LogP contribution is 2.27. The molecular formula is C18H23NO2S. The van der Waals surface area contributed by atoms with Crippen LogP contribution in [-0.4, -0.2) is 29.3 Å². The average molecular weight is 317 g/mol. The number of benzene rings is 1. The van der Waals surface area contributed by atoms with Gasteiger partial charge in [-0.2, -0.15) is 11.3 Å². The highest BCUT2D eigenvalue weighted by molar-refractivity contribution is 7.07. The Morgan fingerprint density at radius 3 is 2.86 bits per heavy atom. The van der Waals surface area contributed by atoms with Crippen molar-refractivity contribution >= 4 is 11.3 Å². The lowest BCUT2D eigenvalue weighted by atomic mass is 10.1. The molecule has 0 aliphatic carbocycles. The summed E-state index contributed by atoms with van der Waals surface area (Å²) in [4.78, 5) is 2.37. The summed E-state index contributed by atoms with van der Waals surface area (Å²) in [6.07, 6.45) is 1.96. The van der Waals surface area contributed by atoms with E-state index < -0.39 is 0 Å². The zero-order valence-corrected chi connectivity index (χ0v) is 13.8. The van der Waals surface area contributed by atoms with E-state index in [1.807, 2.05) is 0 Å². The number of rotatable bonds is 7. The van der Waals surface area contributed by atoms with Crippen LogP contribution in [0.2, 0.25) is 0 Å². The molecule has 0 saturated carbocycles. The first-order valence-corrected chi connectivity index (χ1v) is 8.85. The van der Waals surface area contributed by atoms with Crippen molar-refractivity contribution in [1.29, 1.82) is 0 Å². The minimum absolute atomic E-state index is 0.199. The van der Waals surface area contributed by atoms with Gasteiger partial charge in [-0.1, -0.05) is 19.1 Å². The minimum Gasteiger partial charge on any atom is -0.493 e. The molecule has 1 aliphatic heterocycles. The molecule has 0 amide bonds.